The summed E-state index contributed by atoms with van der Waals surface area (Å²) in [6.07, 6.45) is 61.2. The third-order valence-corrected chi connectivity index (χ3v) is 9.60. The van der Waals surface area contributed by atoms with Crippen LogP contribution in [0.4, 0.5) is 0 Å². The zero-order chi connectivity index (χ0) is 43.0. The van der Waals surface area contributed by atoms with Gasteiger partial charge in [0, 0.05) is 19.3 Å². The first-order chi connectivity index (χ1) is 29.0. The van der Waals surface area contributed by atoms with Crippen LogP contribution in [0.5, 0.6) is 0 Å². The molecule has 0 aliphatic carbocycles. The molecule has 0 aromatic carbocycles. The topological polar surface area (TPSA) is 78.9 Å². The Labute approximate surface area is 362 Å². The van der Waals surface area contributed by atoms with Gasteiger partial charge in [-0.1, -0.05) is 195 Å². The van der Waals surface area contributed by atoms with E-state index in [1.165, 1.54) is 51.4 Å². The fourth-order valence-corrected chi connectivity index (χ4v) is 6.09. The zero-order valence-corrected chi connectivity index (χ0v) is 38.0. The number of carbonyl (C=O) groups is 3. The average molecular weight is 819 g/mol. The van der Waals surface area contributed by atoms with Crippen molar-refractivity contribution in [1.82, 2.24) is 0 Å². The molecule has 0 N–H and O–H groups in total. The summed E-state index contributed by atoms with van der Waals surface area (Å²) in [5, 5.41) is 0. The summed E-state index contributed by atoms with van der Waals surface area (Å²) in [6, 6.07) is 0. The molecular formula is C53H86O6. The van der Waals surface area contributed by atoms with Crippen molar-refractivity contribution >= 4 is 17.9 Å². The number of hydrogen-bond acceptors (Lipinski definition) is 6. The van der Waals surface area contributed by atoms with E-state index in [9.17, 15) is 14.4 Å². The lowest BCUT2D eigenvalue weighted by Gasteiger charge is -2.18. The van der Waals surface area contributed by atoms with Crippen molar-refractivity contribution in [1.29, 1.82) is 0 Å². The highest BCUT2D eigenvalue weighted by atomic mass is 16.6. The molecule has 6 nitrogen and oxygen atoms in total. The summed E-state index contributed by atoms with van der Waals surface area (Å²) in [7, 11) is 0. The van der Waals surface area contributed by atoms with Gasteiger partial charge in [-0.2, -0.15) is 0 Å². The molecule has 334 valence electrons. The summed E-state index contributed by atoms with van der Waals surface area (Å²) in [6.45, 7) is 6.29. The number of ether oxygens (including phenoxy) is 3. The maximum Gasteiger partial charge on any atom is 0.306 e. The van der Waals surface area contributed by atoms with E-state index in [2.05, 4.69) is 106 Å². The molecule has 0 aromatic rings. The normalized spacial score (nSPS) is 12.9. The van der Waals surface area contributed by atoms with E-state index >= 15 is 0 Å². The van der Waals surface area contributed by atoms with Gasteiger partial charge in [0.2, 0.25) is 0 Å². The molecule has 0 rings (SSSR count). The molecule has 0 aromatic heterocycles. The standard InChI is InChI=1S/C53H86O6/c1-4-7-10-13-16-19-22-24-25-26-27-29-31-34-37-40-43-46-52(55)58-49-50(48-57-51(54)45-42-39-36-33-30-21-18-15-12-9-6-3)59-53(56)47-44-41-38-35-32-28-23-20-17-14-11-8-5-2/h7-8,10-11,16-17,19-20,24-25,27-29,32,38,41,50H,4-6,9,12-15,18,21-23,26,30-31,33-37,39-40,42-49H2,1-3H3/b10-7-,11-8-,19-16-,20-17-,25-24-,29-27-,32-28-,41-38-. The van der Waals surface area contributed by atoms with E-state index in [4.69, 9.17) is 14.2 Å². The maximum atomic E-state index is 12.7. The van der Waals surface area contributed by atoms with Crippen molar-refractivity contribution in [2.45, 2.75) is 207 Å². The third kappa shape index (κ3) is 45.3. The van der Waals surface area contributed by atoms with Gasteiger partial charge in [0.1, 0.15) is 13.2 Å². The Hall–Kier alpha value is -3.67. The predicted molar refractivity (Wildman–Crippen MR) is 251 cm³/mol. The molecule has 0 bridgehead atoms. The summed E-state index contributed by atoms with van der Waals surface area (Å²) in [5.74, 6) is -1.03. The molecule has 1 unspecified atom stereocenters. The highest BCUT2D eigenvalue weighted by Gasteiger charge is 2.19. The Balaban J connectivity index is 4.51. The lowest BCUT2D eigenvalue weighted by Crippen LogP contribution is -2.30. The van der Waals surface area contributed by atoms with Gasteiger partial charge in [0.25, 0.3) is 0 Å². The van der Waals surface area contributed by atoms with Crippen molar-refractivity contribution in [3.63, 3.8) is 0 Å². The second-order valence-electron chi connectivity index (χ2n) is 15.3. The highest BCUT2D eigenvalue weighted by molar-refractivity contribution is 5.71. The van der Waals surface area contributed by atoms with Gasteiger partial charge in [0.05, 0.1) is 0 Å². The van der Waals surface area contributed by atoms with Crippen LogP contribution in [0.15, 0.2) is 97.2 Å². The zero-order valence-electron chi connectivity index (χ0n) is 38.0. The molecule has 1 atom stereocenters. The lowest BCUT2D eigenvalue weighted by molar-refractivity contribution is -0.166. The molecule has 0 heterocycles. The van der Waals surface area contributed by atoms with Crippen molar-refractivity contribution < 1.29 is 28.6 Å². The van der Waals surface area contributed by atoms with E-state index in [0.29, 0.717) is 19.3 Å². The number of esters is 3. The SMILES string of the molecule is CC/C=C\C/C=C\C/C=C\C/C=C\CCCCCCC(=O)OCC(COC(=O)CCCCCCCCCCCCC)OC(=O)CC/C=C\C/C=C\C/C=C\C/C=C\CC. The van der Waals surface area contributed by atoms with Gasteiger partial charge < -0.3 is 14.2 Å². The number of carbonyl (C=O) groups excluding carboxylic acids is 3. The Kier molecular flexibility index (Phi) is 44.1. The minimum Gasteiger partial charge on any atom is -0.462 e. The Morgan fingerprint density at radius 3 is 1.10 bits per heavy atom. The van der Waals surface area contributed by atoms with Crippen LogP contribution in [-0.2, 0) is 28.6 Å². The first kappa shape index (κ1) is 55.3. The van der Waals surface area contributed by atoms with Crippen LogP contribution in [-0.4, -0.2) is 37.2 Å². The smallest absolute Gasteiger partial charge is 0.306 e. The molecule has 0 saturated heterocycles. The van der Waals surface area contributed by atoms with Crippen LogP contribution in [0.2, 0.25) is 0 Å². The van der Waals surface area contributed by atoms with Gasteiger partial charge in [-0.3, -0.25) is 14.4 Å². The monoisotopic (exact) mass is 819 g/mol. The number of rotatable bonds is 41. The van der Waals surface area contributed by atoms with Crippen molar-refractivity contribution in [2.75, 3.05) is 13.2 Å². The second-order valence-corrected chi connectivity index (χ2v) is 15.3. The van der Waals surface area contributed by atoms with Crippen molar-refractivity contribution in [2.24, 2.45) is 0 Å². The van der Waals surface area contributed by atoms with Gasteiger partial charge in [0.15, 0.2) is 6.10 Å². The highest BCUT2D eigenvalue weighted by Crippen LogP contribution is 2.13. The van der Waals surface area contributed by atoms with Crippen LogP contribution in [0.25, 0.3) is 0 Å². The molecule has 0 radical (unpaired) electrons. The van der Waals surface area contributed by atoms with Crippen LogP contribution in [0.1, 0.15) is 201 Å². The number of allylic oxidation sites excluding steroid dienone is 16. The quantitative estimate of drug-likeness (QED) is 0.0265. The first-order valence-corrected chi connectivity index (χ1v) is 23.7. The molecule has 6 heteroatoms. The summed E-state index contributed by atoms with van der Waals surface area (Å²) >= 11 is 0. The summed E-state index contributed by atoms with van der Waals surface area (Å²) in [5.41, 5.74) is 0. The van der Waals surface area contributed by atoms with Crippen LogP contribution >= 0.6 is 0 Å². The third-order valence-electron chi connectivity index (χ3n) is 9.60. The largest absolute Gasteiger partial charge is 0.462 e. The van der Waals surface area contributed by atoms with E-state index in [1.807, 2.05) is 12.2 Å². The van der Waals surface area contributed by atoms with Gasteiger partial charge in [-0.05, 0) is 83.5 Å². The Morgan fingerprint density at radius 1 is 0.356 bits per heavy atom. The van der Waals surface area contributed by atoms with Crippen LogP contribution < -0.4 is 0 Å². The molecule has 0 aliphatic heterocycles. The van der Waals surface area contributed by atoms with Gasteiger partial charge in [-0.15, -0.1) is 0 Å². The lowest BCUT2D eigenvalue weighted by atomic mass is 10.1. The Bertz CT molecular complexity index is 1220. The minimum atomic E-state index is -0.823. The van der Waals surface area contributed by atoms with Gasteiger partial charge in [-0.25, -0.2) is 0 Å². The molecule has 0 saturated carbocycles. The fraction of sp³-hybridized carbons (Fsp3) is 0.642. The number of unbranched alkanes of at least 4 members (excludes halogenated alkanes) is 14. The Morgan fingerprint density at radius 2 is 0.695 bits per heavy atom. The predicted octanol–water partition coefficient (Wildman–Crippen LogP) is 15.4. The van der Waals surface area contributed by atoms with Gasteiger partial charge >= 0.3 is 17.9 Å². The van der Waals surface area contributed by atoms with Crippen LogP contribution in [0.3, 0.4) is 0 Å². The van der Waals surface area contributed by atoms with E-state index in [1.54, 1.807) is 0 Å². The summed E-state index contributed by atoms with van der Waals surface area (Å²) < 4.78 is 16.6. The van der Waals surface area contributed by atoms with Crippen molar-refractivity contribution in [3.8, 4) is 0 Å². The number of hydrogen-bond donors (Lipinski definition) is 0. The molecule has 0 amide bonds. The maximum absolute atomic E-state index is 12.7. The molecule has 0 spiro atoms. The van der Waals surface area contributed by atoms with Crippen LogP contribution in [0, 0.1) is 0 Å². The molecule has 0 aliphatic rings. The first-order valence-electron chi connectivity index (χ1n) is 23.7. The van der Waals surface area contributed by atoms with E-state index < -0.39 is 12.1 Å². The summed E-state index contributed by atoms with van der Waals surface area (Å²) in [4.78, 5) is 37.8. The molecular weight excluding hydrogens is 733 g/mol. The molecule has 59 heavy (non-hydrogen) atoms. The van der Waals surface area contributed by atoms with E-state index in [0.717, 1.165) is 103 Å². The second kappa shape index (κ2) is 47.0. The van der Waals surface area contributed by atoms with E-state index in [-0.39, 0.29) is 31.6 Å². The minimum absolute atomic E-state index is 0.114. The van der Waals surface area contributed by atoms with Crippen molar-refractivity contribution in [3.05, 3.63) is 97.2 Å². The fourth-order valence-electron chi connectivity index (χ4n) is 6.09. The molecule has 0 fully saturated rings. The average Bonchev–Trinajstić information content (AvgIpc) is 3.23.